The number of aliphatic carboxylic acids is 1. The largest absolute Gasteiger partial charge is 0.479 e. The van der Waals surface area contributed by atoms with Crippen LogP contribution in [0.4, 0.5) is 0 Å². The molecular weight excluding hydrogens is 192 g/mol. The van der Waals surface area contributed by atoms with E-state index >= 15 is 0 Å². The van der Waals surface area contributed by atoms with Crippen LogP contribution in [0.3, 0.4) is 0 Å². The number of rotatable bonds is 4. The molecule has 0 bridgehead atoms. The van der Waals surface area contributed by atoms with E-state index in [0.29, 0.717) is 5.75 Å². The second-order valence-electron chi connectivity index (χ2n) is 3.55. The Morgan fingerprint density at radius 2 is 2.20 bits per heavy atom. The van der Waals surface area contributed by atoms with Crippen LogP contribution in [0, 0.1) is 6.92 Å². The van der Waals surface area contributed by atoms with Crippen molar-refractivity contribution in [3.63, 3.8) is 0 Å². The molecule has 0 amide bonds. The highest BCUT2D eigenvalue weighted by molar-refractivity contribution is 5.72. The van der Waals surface area contributed by atoms with Gasteiger partial charge in [-0.1, -0.05) is 19.1 Å². The number of aryl methyl sites for hydroxylation is 2. The minimum atomic E-state index is -0.948. The van der Waals surface area contributed by atoms with Gasteiger partial charge in [-0.2, -0.15) is 0 Å². The number of hydrogen-bond donors (Lipinski definition) is 1. The van der Waals surface area contributed by atoms with Crippen molar-refractivity contribution < 1.29 is 14.6 Å². The van der Waals surface area contributed by atoms with Gasteiger partial charge in [-0.15, -0.1) is 0 Å². The maximum atomic E-state index is 10.6. The Morgan fingerprint density at radius 1 is 1.53 bits per heavy atom. The molecule has 1 aromatic rings. The lowest BCUT2D eigenvalue weighted by Gasteiger charge is -2.13. The molecule has 3 heteroatoms. The molecule has 0 radical (unpaired) electrons. The average Bonchev–Trinajstić information content (AvgIpc) is 2.21. The third-order valence-corrected chi connectivity index (χ3v) is 2.31. The predicted octanol–water partition coefficient (Wildman–Crippen LogP) is 2.41. The van der Waals surface area contributed by atoms with Crippen molar-refractivity contribution in [2.45, 2.75) is 33.3 Å². The summed E-state index contributed by atoms with van der Waals surface area (Å²) in [6.45, 7) is 5.48. The SMILES string of the molecule is CCc1ccc(C)c(OC(C)C(=O)O)c1. The first-order valence-corrected chi connectivity index (χ1v) is 5.03. The van der Waals surface area contributed by atoms with Crippen LogP contribution in [-0.2, 0) is 11.2 Å². The Balaban J connectivity index is 2.88. The van der Waals surface area contributed by atoms with Gasteiger partial charge in [-0.25, -0.2) is 4.79 Å². The number of carboxylic acid groups (broad SMARTS) is 1. The highest BCUT2D eigenvalue weighted by Gasteiger charge is 2.13. The molecule has 0 aliphatic carbocycles. The zero-order valence-corrected chi connectivity index (χ0v) is 9.28. The minimum Gasteiger partial charge on any atom is -0.479 e. The maximum Gasteiger partial charge on any atom is 0.344 e. The molecule has 82 valence electrons. The molecule has 0 aliphatic heterocycles. The van der Waals surface area contributed by atoms with Crippen molar-refractivity contribution in [3.05, 3.63) is 29.3 Å². The Labute approximate surface area is 89.7 Å². The van der Waals surface area contributed by atoms with Gasteiger partial charge in [0.15, 0.2) is 6.10 Å². The van der Waals surface area contributed by atoms with Gasteiger partial charge in [0.2, 0.25) is 0 Å². The summed E-state index contributed by atoms with van der Waals surface area (Å²) in [5.41, 5.74) is 2.11. The molecule has 0 aliphatic rings. The van der Waals surface area contributed by atoms with Crippen molar-refractivity contribution >= 4 is 5.97 Å². The van der Waals surface area contributed by atoms with Gasteiger partial charge < -0.3 is 9.84 Å². The molecule has 15 heavy (non-hydrogen) atoms. The van der Waals surface area contributed by atoms with Crippen LogP contribution in [0.25, 0.3) is 0 Å². The third kappa shape index (κ3) is 2.98. The summed E-state index contributed by atoms with van der Waals surface area (Å²) in [4.78, 5) is 10.6. The summed E-state index contributed by atoms with van der Waals surface area (Å²) in [5.74, 6) is -0.291. The van der Waals surface area contributed by atoms with Crippen LogP contribution in [0.1, 0.15) is 25.0 Å². The van der Waals surface area contributed by atoms with Crippen molar-refractivity contribution in [2.75, 3.05) is 0 Å². The lowest BCUT2D eigenvalue weighted by Crippen LogP contribution is -2.23. The van der Waals surface area contributed by atoms with Gasteiger partial charge in [0.1, 0.15) is 5.75 Å². The molecule has 1 unspecified atom stereocenters. The highest BCUT2D eigenvalue weighted by Crippen LogP contribution is 2.21. The van der Waals surface area contributed by atoms with E-state index in [2.05, 4.69) is 6.92 Å². The summed E-state index contributed by atoms with van der Waals surface area (Å²) in [6, 6.07) is 5.87. The molecule has 1 rings (SSSR count). The second-order valence-corrected chi connectivity index (χ2v) is 3.55. The molecule has 3 nitrogen and oxygen atoms in total. The van der Waals surface area contributed by atoms with E-state index in [-0.39, 0.29) is 0 Å². The van der Waals surface area contributed by atoms with E-state index < -0.39 is 12.1 Å². The van der Waals surface area contributed by atoms with Gasteiger partial charge in [0, 0.05) is 0 Å². The van der Waals surface area contributed by atoms with E-state index in [0.717, 1.165) is 17.5 Å². The highest BCUT2D eigenvalue weighted by atomic mass is 16.5. The van der Waals surface area contributed by atoms with Crippen molar-refractivity contribution in [1.82, 2.24) is 0 Å². The van der Waals surface area contributed by atoms with Gasteiger partial charge in [-0.05, 0) is 37.5 Å². The molecule has 0 saturated carbocycles. The van der Waals surface area contributed by atoms with E-state index in [9.17, 15) is 4.79 Å². The van der Waals surface area contributed by atoms with E-state index in [1.54, 1.807) is 0 Å². The first-order valence-electron chi connectivity index (χ1n) is 5.03. The Kier molecular flexibility index (Phi) is 3.72. The smallest absolute Gasteiger partial charge is 0.344 e. The van der Waals surface area contributed by atoms with E-state index in [1.165, 1.54) is 6.92 Å². The molecule has 1 aromatic carbocycles. The molecule has 0 fully saturated rings. The molecule has 0 aromatic heterocycles. The van der Waals surface area contributed by atoms with E-state index in [1.807, 2.05) is 25.1 Å². The van der Waals surface area contributed by atoms with Crippen molar-refractivity contribution in [1.29, 1.82) is 0 Å². The third-order valence-electron chi connectivity index (χ3n) is 2.31. The molecule has 0 saturated heterocycles. The fourth-order valence-corrected chi connectivity index (χ4v) is 1.23. The molecule has 0 heterocycles. The Hall–Kier alpha value is -1.51. The Morgan fingerprint density at radius 3 is 2.73 bits per heavy atom. The number of benzene rings is 1. The predicted molar refractivity (Wildman–Crippen MR) is 58.3 cm³/mol. The summed E-state index contributed by atoms with van der Waals surface area (Å²) in [5, 5.41) is 8.74. The first-order chi connectivity index (χ1) is 7.04. The lowest BCUT2D eigenvalue weighted by molar-refractivity contribution is -0.144. The number of carbonyl (C=O) groups is 1. The van der Waals surface area contributed by atoms with Gasteiger partial charge in [0.05, 0.1) is 0 Å². The fraction of sp³-hybridized carbons (Fsp3) is 0.417. The summed E-state index contributed by atoms with van der Waals surface area (Å²) < 4.78 is 5.35. The lowest BCUT2D eigenvalue weighted by atomic mass is 10.1. The molecule has 1 N–H and O–H groups in total. The zero-order chi connectivity index (χ0) is 11.4. The normalized spacial score (nSPS) is 12.2. The summed E-state index contributed by atoms with van der Waals surface area (Å²) in [7, 11) is 0. The van der Waals surface area contributed by atoms with Crippen LogP contribution in [0.15, 0.2) is 18.2 Å². The quantitative estimate of drug-likeness (QED) is 0.826. The van der Waals surface area contributed by atoms with Crippen LogP contribution in [0.5, 0.6) is 5.75 Å². The zero-order valence-electron chi connectivity index (χ0n) is 9.28. The molecular formula is C12H16O3. The topological polar surface area (TPSA) is 46.5 Å². The average molecular weight is 208 g/mol. The van der Waals surface area contributed by atoms with Crippen LogP contribution < -0.4 is 4.74 Å². The van der Waals surface area contributed by atoms with Gasteiger partial charge in [-0.3, -0.25) is 0 Å². The Bertz CT molecular complexity index is 358. The van der Waals surface area contributed by atoms with Crippen LogP contribution in [-0.4, -0.2) is 17.2 Å². The number of carboxylic acids is 1. The summed E-state index contributed by atoms with van der Waals surface area (Å²) >= 11 is 0. The maximum absolute atomic E-state index is 10.6. The fourth-order valence-electron chi connectivity index (χ4n) is 1.23. The molecule has 0 spiro atoms. The van der Waals surface area contributed by atoms with E-state index in [4.69, 9.17) is 9.84 Å². The molecule has 1 atom stereocenters. The summed E-state index contributed by atoms with van der Waals surface area (Å²) in [6.07, 6.45) is 0.105. The van der Waals surface area contributed by atoms with Gasteiger partial charge >= 0.3 is 5.97 Å². The van der Waals surface area contributed by atoms with Crippen molar-refractivity contribution in [3.8, 4) is 5.75 Å². The first kappa shape index (κ1) is 11.6. The van der Waals surface area contributed by atoms with Crippen molar-refractivity contribution in [2.24, 2.45) is 0 Å². The number of ether oxygens (including phenoxy) is 1. The van der Waals surface area contributed by atoms with Crippen LogP contribution in [0.2, 0.25) is 0 Å². The second kappa shape index (κ2) is 4.82. The minimum absolute atomic E-state index is 0.657. The standard InChI is InChI=1S/C12H16O3/c1-4-10-6-5-8(2)11(7-10)15-9(3)12(13)14/h5-7,9H,4H2,1-3H3,(H,13,14). The van der Waals surface area contributed by atoms with Gasteiger partial charge in [0.25, 0.3) is 0 Å². The number of hydrogen-bond acceptors (Lipinski definition) is 2. The van der Waals surface area contributed by atoms with Crippen LogP contribution >= 0.6 is 0 Å². The monoisotopic (exact) mass is 208 g/mol.